The molecule has 1 N–H and O–H groups in total. The summed E-state index contributed by atoms with van der Waals surface area (Å²) in [6, 6.07) is 4.42. The second kappa shape index (κ2) is 6.87. The smallest absolute Gasteiger partial charge is 0.0707 e. The van der Waals surface area contributed by atoms with E-state index in [4.69, 9.17) is 4.74 Å². The summed E-state index contributed by atoms with van der Waals surface area (Å²) < 4.78 is 7.10. The molecule has 4 heteroatoms. The van der Waals surface area contributed by atoms with Crippen molar-refractivity contribution in [1.29, 1.82) is 0 Å². The Morgan fingerprint density at radius 2 is 1.81 bits per heavy atom. The highest BCUT2D eigenvalue weighted by Gasteiger charge is 2.12. The SMILES string of the molecule is COCCNCc1cnn(-c2c(C)cc(C)cc2C)c1C. The zero-order valence-corrected chi connectivity index (χ0v) is 13.7. The highest BCUT2D eigenvalue weighted by atomic mass is 16.5. The number of aryl methyl sites for hydroxylation is 3. The molecule has 0 aliphatic rings. The zero-order valence-electron chi connectivity index (χ0n) is 13.7. The van der Waals surface area contributed by atoms with E-state index in [-0.39, 0.29) is 0 Å². The second-order valence-corrected chi connectivity index (χ2v) is 5.58. The largest absolute Gasteiger partial charge is 0.383 e. The molecule has 0 saturated heterocycles. The molecular formula is C17H25N3O. The van der Waals surface area contributed by atoms with Gasteiger partial charge in [-0.05, 0) is 38.8 Å². The lowest BCUT2D eigenvalue weighted by Gasteiger charge is -2.13. The van der Waals surface area contributed by atoms with Crippen molar-refractivity contribution in [2.45, 2.75) is 34.2 Å². The number of hydrogen-bond acceptors (Lipinski definition) is 3. The maximum atomic E-state index is 5.04. The van der Waals surface area contributed by atoms with E-state index >= 15 is 0 Å². The number of aromatic nitrogens is 2. The first kappa shape index (κ1) is 15.7. The van der Waals surface area contributed by atoms with E-state index in [0.717, 1.165) is 19.7 Å². The van der Waals surface area contributed by atoms with Gasteiger partial charge in [-0.15, -0.1) is 0 Å². The molecule has 1 aromatic heterocycles. The summed E-state index contributed by atoms with van der Waals surface area (Å²) >= 11 is 0. The topological polar surface area (TPSA) is 39.1 Å². The molecule has 0 fully saturated rings. The molecule has 0 amide bonds. The Hall–Kier alpha value is -1.65. The molecule has 0 saturated carbocycles. The lowest BCUT2D eigenvalue weighted by Crippen LogP contribution is -2.18. The fourth-order valence-electron chi connectivity index (χ4n) is 2.75. The number of methoxy groups -OCH3 is 1. The third-order valence-corrected chi connectivity index (χ3v) is 3.76. The van der Waals surface area contributed by atoms with Gasteiger partial charge in [-0.25, -0.2) is 4.68 Å². The average Bonchev–Trinajstić information content (AvgIpc) is 2.76. The molecule has 0 aliphatic heterocycles. The normalized spacial score (nSPS) is 11.1. The van der Waals surface area contributed by atoms with Crippen molar-refractivity contribution in [2.24, 2.45) is 0 Å². The highest BCUT2D eigenvalue weighted by molar-refractivity contribution is 5.50. The quantitative estimate of drug-likeness (QED) is 0.830. The molecule has 4 nitrogen and oxygen atoms in total. The van der Waals surface area contributed by atoms with Gasteiger partial charge in [0, 0.05) is 31.5 Å². The van der Waals surface area contributed by atoms with Crippen molar-refractivity contribution in [2.75, 3.05) is 20.3 Å². The van der Waals surface area contributed by atoms with Crippen LogP contribution in [0.25, 0.3) is 5.69 Å². The van der Waals surface area contributed by atoms with Gasteiger partial charge in [-0.3, -0.25) is 0 Å². The van der Waals surface area contributed by atoms with E-state index in [1.165, 1.54) is 33.6 Å². The van der Waals surface area contributed by atoms with Gasteiger partial charge in [0.1, 0.15) is 0 Å². The number of nitrogens with one attached hydrogen (secondary N) is 1. The summed E-state index contributed by atoms with van der Waals surface area (Å²) in [6.07, 6.45) is 1.95. The lowest BCUT2D eigenvalue weighted by molar-refractivity contribution is 0.199. The Kier molecular flexibility index (Phi) is 5.15. The monoisotopic (exact) mass is 287 g/mol. The molecule has 114 valence electrons. The Morgan fingerprint density at radius 3 is 2.43 bits per heavy atom. The van der Waals surface area contributed by atoms with E-state index in [9.17, 15) is 0 Å². The third-order valence-electron chi connectivity index (χ3n) is 3.76. The molecule has 2 aromatic rings. The van der Waals surface area contributed by atoms with Crippen LogP contribution in [0.15, 0.2) is 18.3 Å². The van der Waals surface area contributed by atoms with Crippen LogP contribution in [0, 0.1) is 27.7 Å². The second-order valence-electron chi connectivity index (χ2n) is 5.58. The van der Waals surface area contributed by atoms with Crippen molar-refractivity contribution >= 4 is 0 Å². The van der Waals surface area contributed by atoms with E-state index in [1.54, 1.807) is 7.11 Å². The van der Waals surface area contributed by atoms with Crippen LogP contribution >= 0.6 is 0 Å². The maximum Gasteiger partial charge on any atom is 0.0707 e. The molecule has 1 aromatic carbocycles. The lowest BCUT2D eigenvalue weighted by atomic mass is 10.0. The van der Waals surface area contributed by atoms with Crippen molar-refractivity contribution in [3.05, 3.63) is 46.3 Å². The van der Waals surface area contributed by atoms with Crippen LogP contribution in [-0.4, -0.2) is 30.0 Å². The first-order chi connectivity index (χ1) is 10.0. The summed E-state index contributed by atoms with van der Waals surface area (Å²) in [4.78, 5) is 0. The standard InChI is InChI=1S/C17H25N3O/c1-12-8-13(2)17(14(3)9-12)20-15(4)16(11-19-20)10-18-6-7-21-5/h8-9,11,18H,6-7,10H2,1-5H3. The zero-order chi connectivity index (χ0) is 15.4. The van der Waals surface area contributed by atoms with Crippen molar-refractivity contribution < 1.29 is 4.74 Å². The molecule has 0 atom stereocenters. The molecule has 0 bridgehead atoms. The molecular weight excluding hydrogens is 262 g/mol. The van der Waals surface area contributed by atoms with Crippen LogP contribution in [0.4, 0.5) is 0 Å². The Balaban J connectivity index is 2.24. The minimum absolute atomic E-state index is 0.726. The Bertz CT molecular complexity index is 593. The predicted molar refractivity (Wildman–Crippen MR) is 86.1 cm³/mol. The minimum Gasteiger partial charge on any atom is -0.383 e. The van der Waals surface area contributed by atoms with Crippen molar-refractivity contribution in [1.82, 2.24) is 15.1 Å². The van der Waals surface area contributed by atoms with Crippen LogP contribution in [0.2, 0.25) is 0 Å². The number of ether oxygens (including phenoxy) is 1. The van der Waals surface area contributed by atoms with Gasteiger partial charge in [-0.2, -0.15) is 5.10 Å². The molecule has 0 aliphatic carbocycles. The van der Waals surface area contributed by atoms with Gasteiger partial charge >= 0.3 is 0 Å². The van der Waals surface area contributed by atoms with Crippen LogP contribution in [-0.2, 0) is 11.3 Å². The molecule has 2 rings (SSSR count). The maximum absolute atomic E-state index is 5.04. The average molecular weight is 287 g/mol. The minimum atomic E-state index is 0.726. The van der Waals surface area contributed by atoms with Gasteiger partial charge in [0.15, 0.2) is 0 Å². The third kappa shape index (κ3) is 3.52. The summed E-state index contributed by atoms with van der Waals surface area (Å²) in [5, 5.41) is 7.95. The molecule has 0 radical (unpaired) electrons. The fraction of sp³-hybridized carbons (Fsp3) is 0.471. The van der Waals surface area contributed by atoms with E-state index in [1.807, 2.05) is 6.20 Å². The Morgan fingerprint density at radius 1 is 1.14 bits per heavy atom. The summed E-state index contributed by atoms with van der Waals surface area (Å²) in [7, 11) is 1.72. The number of rotatable bonds is 6. The number of hydrogen-bond donors (Lipinski definition) is 1. The molecule has 0 unspecified atom stereocenters. The van der Waals surface area contributed by atoms with Gasteiger partial charge in [0.25, 0.3) is 0 Å². The van der Waals surface area contributed by atoms with Gasteiger partial charge in [0.05, 0.1) is 18.5 Å². The molecule has 0 spiro atoms. The first-order valence-corrected chi connectivity index (χ1v) is 7.36. The summed E-state index contributed by atoms with van der Waals surface area (Å²) in [5.74, 6) is 0. The van der Waals surface area contributed by atoms with E-state index < -0.39 is 0 Å². The van der Waals surface area contributed by atoms with Crippen molar-refractivity contribution in [3.8, 4) is 5.69 Å². The van der Waals surface area contributed by atoms with Gasteiger partial charge in [-0.1, -0.05) is 17.7 Å². The van der Waals surface area contributed by atoms with Crippen LogP contribution in [0.5, 0.6) is 0 Å². The molecule has 21 heavy (non-hydrogen) atoms. The van der Waals surface area contributed by atoms with E-state index in [2.05, 4.69) is 54.9 Å². The fourth-order valence-corrected chi connectivity index (χ4v) is 2.75. The first-order valence-electron chi connectivity index (χ1n) is 7.36. The Labute approximate surface area is 127 Å². The van der Waals surface area contributed by atoms with Gasteiger partial charge < -0.3 is 10.1 Å². The number of nitrogens with zero attached hydrogens (tertiary/aromatic N) is 2. The van der Waals surface area contributed by atoms with Gasteiger partial charge in [0.2, 0.25) is 0 Å². The van der Waals surface area contributed by atoms with Crippen LogP contribution in [0.1, 0.15) is 27.9 Å². The highest BCUT2D eigenvalue weighted by Crippen LogP contribution is 2.23. The van der Waals surface area contributed by atoms with Crippen LogP contribution < -0.4 is 5.32 Å². The summed E-state index contributed by atoms with van der Waals surface area (Å²) in [5.41, 5.74) is 7.43. The predicted octanol–water partition coefficient (Wildman–Crippen LogP) is 2.84. The summed E-state index contributed by atoms with van der Waals surface area (Å²) in [6.45, 7) is 10.9. The molecule has 1 heterocycles. The van der Waals surface area contributed by atoms with Crippen LogP contribution in [0.3, 0.4) is 0 Å². The van der Waals surface area contributed by atoms with Crippen molar-refractivity contribution in [3.63, 3.8) is 0 Å². The number of benzene rings is 1. The van der Waals surface area contributed by atoms with E-state index in [0.29, 0.717) is 0 Å².